The molecular formula is C10H11N5O2. The highest BCUT2D eigenvalue weighted by Crippen LogP contribution is 2.20. The molecular weight excluding hydrogens is 222 g/mol. The normalized spacial score (nSPS) is 15.8. The van der Waals surface area contributed by atoms with E-state index in [0.29, 0.717) is 17.5 Å². The number of anilines is 1. The summed E-state index contributed by atoms with van der Waals surface area (Å²) in [5.41, 5.74) is 1.47. The smallest absolute Gasteiger partial charge is 0.271 e. The summed E-state index contributed by atoms with van der Waals surface area (Å²) >= 11 is 0. The van der Waals surface area contributed by atoms with E-state index in [-0.39, 0.29) is 5.69 Å². The quantitative estimate of drug-likeness (QED) is 0.539. The Kier molecular flexibility index (Phi) is 2.19. The summed E-state index contributed by atoms with van der Waals surface area (Å²) in [6, 6.07) is 4.98. The molecule has 3 N–H and O–H groups in total. The van der Waals surface area contributed by atoms with Gasteiger partial charge in [0.05, 0.1) is 22.0 Å². The molecule has 1 saturated heterocycles. The zero-order valence-corrected chi connectivity index (χ0v) is 8.93. The minimum Gasteiger partial charge on any atom is -0.351 e. The van der Waals surface area contributed by atoms with Gasteiger partial charge >= 0.3 is 0 Å². The minimum absolute atomic E-state index is 0.0676. The molecule has 0 unspecified atom stereocenters. The number of aromatic nitrogens is 2. The molecule has 1 aliphatic heterocycles. The van der Waals surface area contributed by atoms with Crippen LogP contribution in [0.1, 0.15) is 0 Å². The van der Waals surface area contributed by atoms with E-state index >= 15 is 0 Å². The standard InChI is InChI=1S/C10H11N5O2/c16-15(17)7-1-2-8-9(3-7)14-10(13-8)12-6-4-11-5-6/h1-3,6,11H,4-5H2,(H2,12,13,14). The Morgan fingerprint density at radius 2 is 2.29 bits per heavy atom. The zero-order valence-electron chi connectivity index (χ0n) is 8.93. The van der Waals surface area contributed by atoms with Gasteiger partial charge in [0.2, 0.25) is 5.95 Å². The second-order valence-electron chi connectivity index (χ2n) is 4.04. The fourth-order valence-electron chi connectivity index (χ4n) is 1.76. The van der Waals surface area contributed by atoms with Gasteiger partial charge in [0.1, 0.15) is 0 Å². The van der Waals surface area contributed by atoms with Crippen molar-refractivity contribution in [3.63, 3.8) is 0 Å². The van der Waals surface area contributed by atoms with Gasteiger partial charge in [-0.15, -0.1) is 0 Å². The largest absolute Gasteiger partial charge is 0.351 e. The number of aromatic amines is 1. The number of nitro benzene ring substituents is 1. The number of hydrogen-bond donors (Lipinski definition) is 3. The van der Waals surface area contributed by atoms with E-state index in [9.17, 15) is 10.1 Å². The molecule has 1 aromatic carbocycles. The van der Waals surface area contributed by atoms with Crippen LogP contribution in [-0.2, 0) is 0 Å². The van der Waals surface area contributed by atoms with Crippen LogP contribution in [0.2, 0.25) is 0 Å². The summed E-state index contributed by atoms with van der Waals surface area (Å²) in [6.45, 7) is 1.83. The van der Waals surface area contributed by atoms with Crippen molar-refractivity contribution in [2.75, 3.05) is 18.4 Å². The third-order valence-electron chi connectivity index (χ3n) is 2.80. The lowest BCUT2D eigenvalue weighted by Gasteiger charge is -2.27. The molecule has 88 valence electrons. The maximum atomic E-state index is 10.6. The molecule has 7 heteroatoms. The lowest BCUT2D eigenvalue weighted by atomic mass is 10.2. The van der Waals surface area contributed by atoms with Crippen molar-refractivity contribution in [2.24, 2.45) is 0 Å². The number of nitro groups is 1. The van der Waals surface area contributed by atoms with E-state index in [1.165, 1.54) is 12.1 Å². The fourth-order valence-corrected chi connectivity index (χ4v) is 1.76. The molecule has 1 aromatic heterocycles. The average Bonchev–Trinajstić information content (AvgIpc) is 2.64. The van der Waals surface area contributed by atoms with E-state index in [1.54, 1.807) is 6.07 Å². The Bertz CT molecular complexity index is 575. The van der Waals surface area contributed by atoms with Gasteiger partial charge in [-0.25, -0.2) is 4.98 Å². The van der Waals surface area contributed by atoms with Crippen LogP contribution in [-0.4, -0.2) is 34.0 Å². The van der Waals surface area contributed by atoms with Crippen LogP contribution in [0.15, 0.2) is 18.2 Å². The number of fused-ring (bicyclic) bond motifs is 1. The Balaban J connectivity index is 1.91. The number of non-ortho nitro benzene ring substituents is 1. The van der Waals surface area contributed by atoms with Gasteiger partial charge in [0.15, 0.2) is 0 Å². The zero-order chi connectivity index (χ0) is 11.8. The van der Waals surface area contributed by atoms with Crippen LogP contribution in [0.4, 0.5) is 11.6 Å². The van der Waals surface area contributed by atoms with E-state index < -0.39 is 4.92 Å². The van der Waals surface area contributed by atoms with Crippen molar-refractivity contribution in [3.8, 4) is 0 Å². The monoisotopic (exact) mass is 233 g/mol. The molecule has 0 bridgehead atoms. The number of nitrogens with zero attached hydrogens (tertiary/aromatic N) is 2. The number of rotatable bonds is 3. The minimum atomic E-state index is -0.413. The molecule has 0 amide bonds. The molecule has 0 saturated carbocycles. The summed E-state index contributed by atoms with van der Waals surface area (Å²) in [5.74, 6) is 0.659. The van der Waals surface area contributed by atoms with E-state index in [1.807, 2.05) is 0 Å². The van der Waals surface area contributed by atoms with Gasteiger partial charge < -0.3 is 15.6 Å². The maximum Gasteiger partial charge on any atom is 0.271 e. The number of imidazole rings is 1. The number of H-pyrrole nitrogens is 1. The maximum absolute atomic E-state index is 10.6. The van der Waals surface area contributed by atoms with Crippen LogP contribution in [0.5, 0.6) is 0 Å². The van der Waals surface area contributed by atoms with Crippen LogP contribution < -0.4 is 10.6 Å². The van der Waals surface area contributed by atoms with Gasteiger partial charge in [-0.1, -0.05) is 0 Å². The number of hydrogen-bond acceptors (Lipinski definition) is 5. The molecule has 2 aromatic rings. The average molecular weight is 233 g/mol. The highest BCUT2D eigenvalue weighted by atomic mass is 16.6. The first-order chi connectivity index (χ1) is 8.22. The summed E-state index contributed by atoms with van der Waals surface area (Å²) in [7, 11) is 0. The summed E-state index contributed by atoms with van der Waals surface area (Å²) in [5, 5.41) is 17.0. The van der Waals surface area contributed by atoms with Crippen molar-refractivity contribution in [3.05, 3.63) is 28.3 Å². The Morgan fingerprint density at radius 3 is 2.94 bits per heavy atom. The first kappa shape index (κ1) is 10.0. The van der Waals surface area contributed by atoms with Crippen LogP contribution in [0.25, 0.3) is 11.0 Å². The first-order valence-electron chi connectivity index (χ1n) is 5.34. The Hall–Kier alpha value is -2.15. The van der Waals surface area contributed by atoms with E-state index in [2.05, 4.69) is 20.6 Å². The Morgan fingerprint density at radius 1 is 1.47 bits per heavy atom. The third kappa shape index (κ3) is 1.80. The molecule has 2 heterocycles. The fraction of sp³-hybridized carbons (Fsp3) is 0.300. The van der Waals surface area contributed by atoms with Crippen molar-refractivity contribution in [1.82, 2.24) is 15.3 Å². The molecule has 1 aliphatic rings. The van der Waals surface area contributed by atoms with Gasteiger partial charge in [-0.3, -0.25) is 10.1 Å². The molecule has 0 radical (unpaired) electrons. The van der Waals surface area contributed by atoms with Crippen molar-refractivity contribution in [2.45, 2.75) is 6.04 Å². The van der Waals surface area contributed by atoms with Gasteiger partial charge in [0, 0.05) is 25.2 Å². The molecule has 17 heavy (non-hydrogen) atoms. The summed E-state index contributed by atoms with van der Waals surface area (Å²) in [6.07, 6.45) is 0. The lowest BCUT2D eigenvalue weighted by molar-refractivity contribution is -0.384. The molecule has 1 fully saturated rings. The second-order valence-corrected chi connectivity index (χ2v) is 4.04. The van der Waals surface area contributed by atoms with Crippen LogP contribution in [0.3, 0.4) is 0 Å². The van der Waals surface area contributed by atoms with E-state index in [0.717, 1.165) is 18.6 Å². The van der Waals surface area contributed by atoms with E-state index in [4.69, 9.17) is 0 Å². The third-order valence-corrected chi connectivity index (χ3v) is 2.80. The molecule has 0 atom stereocenters. The predicted molar refractivity (Wildman–Crippen MR) is 63.0 cm³/mol. The molecule has 0 aliphatic carbocycles. The van der Waals surface area contributed by atoms with Gasteiger partial charge in [0.25, 0.3) is 5.69 Å². The van der Waals surface area contributed by atoms with Gasteiger partial charge in [-0.05, 0) is 6.07 Å². The molecule has 7 nitrogen and oxygen atoms in total. The van der Waals surface area contributed by atoms with Gasteiger partial charge in [-0.2, -0.15) is 0 Å². The first-order valence-corrected chi connectivity index (χ1v) is 5.34. The topological polar surface area (TPSA) is 95.9 Å². The number of benzene rings is 1. The predicted octanol–water partition coefficient (Wildman–Crippen LogP) is 0.855. The summed E-state index contributed by atoms with van der Waals surface area (Å²) in [4.78, 5) is 17.6. The highest BCUT2D eigenvalue weighted by molar-refractivity contribution is 5.79. The van der Waals surface area contributed by atoms with Crippen molar-refractivity contribution in [1.29, 1.82) is 0 Å². The second kappa shape index (κ2) is 3.70. The highest BCUT2D eigenvalue weighted by Gasteiger charge is 2.17. The van der Waals surface area contributed by atoms with Crippen LogP contribution in [0, 0.1) is 10.1 Å². The lowest BCUT2D eigenvalue weighted by Crippen LogP contribution is -2.51. The Labute approximate surface area is 96.4 Å². The molecule has 0 spiro atoms. The molecule has 3 rings (SSSR count). The van der Waals surface area contributed by atoms with Crippen LogP contribution >= 0.6 is 0 Å². The summed E-state index contributed by atoms with van der Waals surface area (Å²) < 4.78 is 0. The van der Waals surface area contributed by atoms with Crippen molar-refractivity contribution < 1.29 is 4.92 Å². The SMILES string of the molecule is O=[N+]([O-])c1ccc2nc(NC3CNC3)[nH]c2c1. The van der Waals surface area contributed by atoms with Crippen molar-refractivity contribution >= 4 is 22.7 Å². The number of nitrogens with one attached hydrogen (secondary N) is 3.